The minimum atomic E-state index is -0.776. The molecule has 0 aliphatic carbocycles. The van der Waals surface area contributed by atoms with Gasteiger partial charge in [-0.05, 0) is 42.2 Å². The average Bonchev–Trinajstić information content (AvgIpc) is 3.34. The quantitative estimate of drug-likeness (QED) is 0.440. The molecule has 0 unspecified atom stereocenters. The van der Waals surface area contributed by atoms with E-state index in [1.807, 2.05) is 61.0 Å². The van der Waals surface area contributed by atoms with E-state index in [1.54, 1.807) is 25.5 Å². The van der Waals surface area contributed by atoms with E-state index in [9.17, 15) is 14.4 Å². The van der Waals surface area contributed by atoms with Gasteiger partial charge in [-0.15, -0.1) is 0 Å². The van der Waals surface area contributed by atoms with E-state index in [-0.39, 0.29) is 30.9 Å². The Kier molecular flexibility index (Phi) is 8.79. The minimum absolute atomic E-state index is 0.161. The fraction of sp³-hybridized carbons (Fsp3) is 0.385. The van der Waals surface area contributed by atoms with E-state index in [0.717, 1.165) is 10.8 Å². The van der Waals surface area contributed by atoms with Gasteiger partial charge in [0.25, 0.3) is 5.91 Å². The predicted octanol–water partition coefficient (Wildman–Crippen LogP) is 3.27. The lowest BCUT2D eigenvalue weighted by Crippen LogP contribution is -2.52. The van der Waals surface area contributed by atoms with Gasteiger partial charge < -0.3 is 19.5 Å². The number of rotatable bonds is 11. The third-order valence-corrected chi connectivity index (χ3v) is 5.57. The molecule has 2 aromatic carbocycles. The van der Waals surface area contributed by atoms with Crippen LogP contribution >= 0.6 is 0 Å². The molecule has 1 N–H and O–H groups in total. The third-order valence-electron chi connectivity index (χ3n) is 5.57. The highest BCUT2D eigenvalue weighted by molar-refractivity contribution is 6.01. The number of carbonyl (C=O) groups excluding carboxylic acids is 3. The van der Waals surface area contributed by atoms with Crippen molar-refractivity contribution >= 4 is 28.6 Å². The second kappa shape index (κ2) is 12.0. The third kappa shape index (κ3) is 6.66. The summed E-state index contributed by atoms with van der Waals surface area (Å²) in [4.78, 5) is 44.2. The van der Waals surface area contributed by atoms with E-state index in [0.29, 0.717) is 25.1 Å². The number of carbonyl (C=O) groups is 3. The number of hydrogen-bond acceptors (Lipinski definition) is 5. The van der Waals surface area contributed by atoms with Crippen LogP contribution in [0.5, 0.6) is 0 Å². The number of aryl methyl sites for hydroxylation is 1. The minimum Gasteiger partial charge on any atom is -0.465 e. The van der Waals surface area contributed by atoms with Crippen molar-refractivity contribution in [2.45, 2.75) is 39.8 Å². The molecule has 0 saturated heterocycles. The van der Waals surface area contributed by atoms with Crippen molar-refractivity contribution in [3.05, 3.63) is 66.7 Å². The maximum absolute atomic E-state index is 13.5. The van der Waals surface area contributed by atoms with Crippen LogP contribution in [-0.2, 0) is 20.9 Å². The van der Waals surface area contributed by atoms with E-state index < -0.39 is 12.0 Å². The van der Waals surface area contributed by atoms with Gasteiger partial charge in [-0.1, -0.05) is 44.2 Å². The van der Waals surface area contributed by atoms with Gasteiger partial charge in [0.05, 0.1) is 12.9 Å². The summed E-state index contributed by atoms with van der Waals surface area (Å²) >= 11 is 0. The Morgan fingerprint density at radius 1 is 1.12 bits per heavy atom. The van der Waals surface area contributed by atoms with Gasteiger partial charge in [0.1, 0.15) is 12.6 Å². The van der Waals surface area contributed by atoms with Crippen molar-refractivity contribution in [3.8, 4) is 0 Å². The maximum Gasteiger partial charge on any atom is 0.325 e. The molecule has 0 aliphatic rings. The number of ether oxygens (including phenoxy) is 1. The van der Waals surface area contributed by atoms with E-state index in [2.05, 4.69) is 10.3 Å². The lowest BCUT2D eigenvalue weighted by molar-refractivity contribution is -0.149. The Balaban J connectivity index is 1.73. The molecule has 0 aliphatic heterocycles. The highest BCUT2D eigenvalue weighted by Crippen LogP contribution is 2.16. The molecule has 2 amide bonds. The summed E-state index contributed by atoms with van der Waals surface area (Å²) in [5, 5.41) is 4.88. The Bertz CT molecular complexity index is 1110. The summed E-state index contributed by atoms with van der Waals surface area (Å²) < 4.78 is 6.98. The van der Waals surface area contributed by atoms with Crippen molar-refractivity contribution in [1.82, 2.24) is 19.8 Å². The topological polar surface area (TPSA) is 93.5 Å². The van der Waals surface area contributed by atoms with Crippen LogP contribution in [0.3, 0.4) is 0 Å². The molecule has 34 heavy (non-hydrogen) atoms. The van der Waals surface area contributed by atoms with Crippen LogP contribution in [0.4, 0.5) is 0 Å². The summed E-state index contributed by atoms with van der Waals surface area (Å²) in [5.41, 5.74) is 0.481. The van der Waals surface area contributed by atoms with Crippen LogP contribution in [0.25, 0.3) is 10.8 Å². The first kappa shape index (κ1) is 25.0. The zero-order valence-corrected chi connectivity index (χ0v) is 19.9. The van der Waals surface area contributed by atoms with Gasteiger partial charge in [0.15, 0.2) is 0 Å². The standard InChI is InChI=1S/C26H32N4O4/c1-4-34-23(31)17-30(14-7-13-29-15-12-27-18-29)26(33)24(19(2)3)28-25(32)22-11-10-20-8-5-6-9-21(20)16-22/h5-6,8-12,15-16,18-19,24H,4,7,13-14,17H2,1-3H3,(H,28,32)/t24-/m0/s1. The van der Waals surface area contributed by atoms with E-state index in [1.165, 1.54) is 4.90 Å². The van der Waals surface area contributed by atoms with Gasteiger partial charge in [0.2, 0.25) is 5.91 Å². The largest absolute Gasteiger partial charge is 0.465 e. The molecular weight excluding hydrogens is 432 g/mol. The summed E-state index contributed by atoms with van der Waals surface area (Å²) in [6.45, 7) is 6.56. The molecule has 0 bridgehead atoms. The highest BCUT2D eigenvalue weighted by atomic mass is 16.5. The van der Waals surface area contributed by atoms with Crippen molar-refractivity contribution < 1.29 is 19.1 Å². The van der Waals surface area contributed by atoms with Crippen LogP contribution in [0.1, 0.15) is 37.6 Å². The Hall–Kier alpha value is -3.68. The number of nitrogens with one attached hydrogen (secondary N) is 1. The molecule has 8 heteroatoms. The van der Waals surface area contributed by atoms with E-state index >= 15 is 0 Å². The molecule has 1 heterocycles. The zero-order valence-electron chi connectivity index (χ0n) is 19.9. The molecule has 3 aromatic rings. The number of hydrogen-bond donors (Lipinski definition) is 1. The van der Waals surface area contributed by atoms with Crippen molar-refractivity contribution in [3.63, 3.8) is 0 Å². The first-order valence-electron chi connectivity index (χ1n) is 11.6. The number of benzene rings is 2. The van der Waals surface area contributed by atoms with Gasteiger partial charge >= 0.3 is 5.97 Å². The molecule has 1 atom stereocenters. The van der Waals surface area contributed by atoms with Gasteiger partial charge in [0, 0.05) is 31.0 Å². The fourth-order valence-corrected chi connectivity index (χ4v) is 3.76. The predicted molar refractivity (Wildman–Crippen MR) is 130 cm³/mol. The molecule has 180 valence electrons. The second-order valence-electron chi connectivity index (χ2n) is 8.48. The average molecular weight is 465 g/mol. The van der Waals surface area contributed by atoms with Crippen molar-refractivity contribution in [2.24, 2.45) is 5.92 Å². The van der Waals surface area contributed by atoms with Crippen LogP contribution in [0, 0.1) is 5.92 Å². The summed E-state index contributed by atoms with van der Waals surface area (Å²) in [6, 6.07) is 12.5. The number of nitrogens with zero attached hydrogens (tertiary/aromatic N) is 3. The second-order valence-corrected chi connectivity index (χ2v) is 8.48. The van der Waals surface area contributed by atoms with Gasteiger partial charge in [-0.25, -0.2) is 4.98 Å². The van der Waals surface area contributed by atoms with E-state index in [4.69, 9.17) is 4.74 Å². The van der Waals surface area contributed by atoms with Gasteiger partial charge in [-0.3, -0.25) is 14.4 Å². The molecule has 0 fully saturated rings. The van der Waals surface area contributed by atoms with Gasteiger partial charge in [-0.2, -0.15) is 0 Å². The summed E-state index contributed by atoms with van der Waals surface area (Å²) in [7, 11) is 0. The monoisotopic (exact) mass is 464 g/mol. The zero-order chi connectivity index (χ0) is 24.5. The number of esters is 1. The SMILES string of the molecule is CCOC(=O)CN(CCCn1ccnc1)C(=O)[C@@H](NC(=O)c1ccc2ccccc2c1)C(C)C. The van der Waals surface area contributed by atoms with Crippen LogP contribution in [0.2, 0.25) is 0 Å². The first-order valence-corrected chi connectivity index (χ1v) is 11.6. The van der Waals surface area contributed by atoms with Crippen LogP contribution in [0.15, 0.2) is 61.2 Å². The van der Waals surface area contributed by atoms with Crippen molar-refractivity contribution in [1.29, 1.82) is 0 Å². The number of aromatic nitrogens is 2. The summed E-state index contributed by atoms with van der Waals surface area (Å²) in [6.07, 6.45) is 5.88. The van der Waals surface area contributed by atoms with Crippen LogP contribution < -0.4 is 5.32 Å². The molecule has 0 radical (unpaired) electrons. The molecule has 3 rings (SSSR count). The van der Waals surface area contributed by atoms with Crippen LogP contribution in [-0.4, -0.2) is 58.0 Å². The molecule has 0 saturated carbocycles. The number of fused-ring (bicyclic) bond motifs is 1. The molecule has 8 nitrogen and oxygen atoms in total. The lowest BCUT2D eigenvalue weighted by atomic mass is 10.0. The number of amides is 2. The Labute approximate surface area is 199 Å². The molecular formula is C26H32N4O4. The summed E-state index contributed by atoms with van der Waals surface area (Å²) in [5.74, 6) is -1.27. The normalized spacial score (nSPS) is 11.9. The number of imidazole rings is 1. The molecule has 0 spiro atoms. The smallest absolute Gasteiger partial charge is 0.325 e. The lowest BCUT2D eigenvalue weighted by Gasteiger charge is -2.29. The first-order chi connectivity index (χ1) is 16.4. The fourth-order valence-electron chi connectivity index (χ4n) is 3.76. The maximum atomic E-state index is 13.5. The Morgan fingerprint density at radius 2 is 1.88 bits per heavy atom. The Morgan fingerprint density at radius 3 is 2.56 bits per heavy atom. The molecule has 1 aromatic heterocycles. The highest BCUT2D eigenvalue weighted by Gasteiger charge is 2.30. The van der Waals surface area contributed by atoms with Crippen molar-refractivity contribution in [2.75, 3.05) is 19.7 Å².